The largest absolute Gasteiger partial charge is 0.448 e. The van der Waals surface area contributed by atoms with E-state index in [4.69, 9.17) is 14.2 Å². The molecule has 3 aromatic carbocycles. The lowest BCUT2D eigenvalue weighted by Gasteiger charge is -2.28. The monoisotopic (exact) mass is 477 g/mol. The maximum Gasteiger partial charge on any atom is 0.411 e. The molecule has 0 atom stereocenters. The molecule has 0 radical (unpaired) electrons. The molecule has 0 aliphatic rings. The Morgan fingerprint density at radius 1 is 0.543 bits per heavy atom. The number of hydrogen-bond donors (Lipinski definition) is 3. The minimum Gasteiger partial charge on any atom is -0.448 e. The van der Waals surface area contributed by atoms with Crippen molar-refractivity contribution < 1.29 is 28.6 Å². The molecule has 3 N–H and O–H groups in total. The minimum atomic E-state index is -1.02. The van der Waals surface area contributed by atoms with E-state index in [0.717, 1.165) is 0 Å². The SMILES string of the molecule is CC(COC(=O)Nc1ccccc1)(COC(=O)Nc1ccccc1)COC(=O)Nc1ccccc1. The van der Waals surface area contributed by atoms with Crippen LogP contribution >= 0.6 is 0 Å². The van der Waals surface area contributed by atoms with Crippen molar-refractivity contribution in [3.63, 3.8) is 0 Å². The number of ether oxygens (including phenoxy) is 3. The molecule has 3 aromatic rings. The van der Waals surface area contributed by atoms with Crippen LogP contribution in [-0.2, 0) is 14.2 Å². The molecule has 0 saturated carbocycles. The van der Waals surface area contributed by atoms with Crippen LogP contribution in [0.5, 0.6) is 0 Å². The number of amides is 3. The fourth-order valence-electron chi connectivity index (χ4n) is 2.87. The Morgan fingerprint density at radius 3 is 1.06 bits per heavy atom. The number of hydrogen-bond acceptors (Lipinski definition) is 6. The predicted octanol–water partition coefficient (Wildman–Crippen LogP) is 5.74. The van der Waals surface area contributed by atoms with Gasteiger partial charge in [0.1, 0.15) is 19.8 Å². The number of rotatable bonds is 9. The Bertz CT molecular complexity index is 954. The van der Waals surface area contributed by atoms with Gasteiger partial charge in [0.15, 0.2) is 0 Å². The molecule has 182 valence electrons. The smallest absolute Gasteiger partial charge is 0.411 e. The minimum absolute atomic E-state index is 0.178. The highest BCUT2D eigenvalue weighted by atomic mass is 16.6. The molecular formula is C26H27N3O6. The van der Waals surface area contributed by atoms with Gasteiger partial charge in [0.05, 0.1) is 5.41 Å². The van der Waals surface area contributed by atoms with E-state index in [1.807, 2.05) is 18.2 Å². The predicted molar refractivity (Wildman–Crippen MR) is 132 cm³/mol. The van der Waals surface area contributed by atoms with Crippen LogP contribution < -0.4 is 16.0 Å². The number of benzene rings is 3. The average molecular weight is 478 g/mol. The molecular weight excluding hydrogens is 450 g/mol. The van der Waals surface area contributed by atoms with E-state index >= 15 is 0 Å². The van der Waals surface area contributed by atoms with Crippen LogP contribution in [0.25, 0.3) is 0 Å². The van der Waals surface area contributed by atoms with Gasteiger partial charge in [-0.05, 0) is 43.3 Å². The molecule has 0 unspecified atom stereocenters. The second-order valence-electron chi connectivity index (χ2n) is 8.01. The van der Waals surface area contributed by atoms with Crippen molar-refractivity contribution in [1.82, 2.24) is 0 Å². The third-order valence-electron chi connectivity index (χ3n) is 4.72. The molecule has 9 heteroatoms. The Hall–Kier alpha value is -4.53. The summed E-state index contributed by atoms with van der Waals surface area (Å²) in [7, 11) is 0. The first-order valence-electron chi connectivity index (χ1n) is 10.9. The van der Waals surface area contributed by atoms with Gasteiger partial charge in [0.2, 0.25) is 0 Å². The summed E-state index contributed by atoms with van der Waals surface area (Å²) in [6.45, 7) is 1.14. The van der Waals surface area contributed by atoms with Crippen molar-refractivity contribution in [1.29, 1.82) is 0 Å². The van der Waals surface area contributed by atoms with Gasteiger partial charge in [0, 0.05) is 17.1 Å². The first-order valence-corrected chi connectivity index (χ1v) is 10.9. The molecule has 3 amide bonds. The molecule has 35 heavy (non-hydrogen) atoms. The zero-order valence-corrected chi connectivity index (χ0v) is 19.2. The molecule has 0 aliphatic carbocycles. The average Bonchev–Trinajstić information content (AvgIpc) is 2.87. The Labute approximate surface area is 203 Å². The molecule has 0 fully saturated rings. The molecule has 0 bridgehead atoms. The summed E-state index contributed by atoms with van der Waals surface area (Å²) >= 11 is 0. The van der Waals surface area contributed by atoms with E-state index < -0.39 is 23.7 Å². The summed E-state index contributed by atoms with van der Waals surface area (Å²) in [5, 5.41) is 7.82. The number of carbonyl (C=O) groups is 3. The topological polar surface area (TPSA) is 115 Å². The Morgan fingerprint density at radius 2 is 0.800 bits per heavy atom. The van der Waals surface area contributed by atoms with Crippen LogP contribution in [0.4, 0.5) is 31.4 Å². The van der Waals surface area contributed by atoms with Crippen molar-refractivity contribution in [2.75, 3.05) is 35.8 Å². The maximum absolute atomic E-state index is 12.2. The highest BCUT2D eigenvalue weighted by molar-refractivity contribution is 5.85. The summed E-state index contributed by atoms with van der Waals surface area (Å²) < 4.78 is 16.0. The van der Waals surface area contributed by atoms with E-state index in [1.54, 1.807) is 79.7 Å². The van der Waals surface area contributed by atoms with Crippen molar-refractivity contribution in [2.24, 2.45) is 5.41 Å². The van der Waals surface area contributed by atoms with E-state index in [-0.39, 0.29) is 19.8 Å². The molecule has 0 heterocycles. The highest BCUT2D eigenvalue weighted by Gasteiger charge is 2.31. The standard InChI is InChI=1S/C26H27N3O6/c1-26(17-33-23(30)27-20-11-5-2-6-12-20,18-34-24(31)28-21-13-7-3-8-14-21)19-35-25(32)29-22-15-9-4-10-16-22/h2-16H,17-19H2,1H3,(H,27,30)(H,28,31)(H,29,32). The van der Waals surface area contributed by atoms with Crippen LogP contribution in [0.15, 0.2) is 91.0 Å². The number of carbonyl (C=O) groups excluding carboxylic acids is 3. The van der Waals surface area contributed by atoms with Gasteiger partial charge >= 0.3 is 18.3 Å². The fourth-order valence-corrected chi connectivity index (χ4v) is 2.87. The zero-order valence-electron chi connectivity index (χ0n) is 19.2. The van der Waals surface area contributed by atoms with Gasteiger partial charge in [0.25, 0.3) is 0 Å². The summed E-state index contributed by atoms with van der Waals surface area (Å²) in [5.41, 5.74) is 0.680. The maximum atomic E-state index is 12.2. The number of para-hydroxylation sites is 3. The first-order chi connectivity index (χ1) is 16.9. The lowest BCUT2D eigenvalue weighted by molar-refractivity contribution is 0.00328. The molecule has 9 nitrogen and oxygen atoms in total. The molecule has 0 aliphatic heterocycles. The van der Waals surface area contributed by atoms with Crippen molar-refractivity contribution >= 4 is 35.3 Å². The normalized spacial score (nSPS) is 10.5. The second kappa shape index (κ2) is 12.6. The lowest BCUT2D eigenvalue weighted by Crippen LogP contribution is -2.38. The van der Waals surface area contributed by atoms with Crippen LogP contribution in [0.1, 0.15) is 6.92 Å². The van der Waals surface area contributed by atoms with Crippen LogP contribution in [0.3, 0.4) is 0 Å². The molecule has 3 rings (SSSR count). The fraction of sp³-hybridized carbons (Fsp3) is 0.192. The summed E-state index contributed by atoms with van der Waals surface area (Å²) in [4.78, 5) is 36.7. The Balaban J connectivity index is 1.57. The van der Waals surface area contributed by atoms with Crippen molar-refractivity contribution in [3.8, 4) is 0 Å². The van der Waals surface area contributed by atoms with Crippen molar-refractivity contribution in [3.05, 3.63) is 91.0 Å². The van der Waals surface area contributed by atoms with E-state index in [9.17, 15) is 14.4 Å². The molecule has 0 aromatic heterocycles. The number of nitrogens with one attached hydrogen (secondary N) is 3. The van der Waals surface area contributed by atoms with Gasteiger partial charge in [-0.3, -0.25) is 16.0 Å². The van der Waals surface area contributed by atoms with Gasteiger partial charge in [-0.25, -0.2) is 14.4 Å². The zero-order chi connectivity index (χ0) is 24.9. The summed E-state index contributed by atoms with van der Waals surface area (Å²) in [6.07, 6.45) is -2.07. The molecule has 0 saturated heterocycles. The second-order valence-corrected chi connectivity index (χ2v) is 8.01. The van der Waals surface area contributed by atoms with Gasteiger partial charge in [-0.1, -0.05) is 54.6 Å². The van der Waals surface area contributed by atoms with Crippen LogP contribution in [-0.4, -0.2) is 38.1 Å². The lowest BCUT2D eigenvalue weighted by atomic mass is 9.94. The highest BCUT2D eigenvalue weighted by Crippen LogP contribution is 2.20. The van der Waals surface area contributed by atoms with E-state index in [0.29, 0.717) is 17.1 Å². The molecule has 0 spiro atoms. The van der Waals surface area contributed by atoms with Crippen LogP contribution in [0.2, 0.25) is 0 Å². The van der Waals surface area contributed by atoms with Gasteiger partial charge < -0.3 is 14.2 Å². The van der Waals surface area contributed by atoms with Crippen molar-refractivity contribution in [2.45, 2.75) is 6.92 Å². The van der Waals surface area contributed by atoms with E-state index in [2.05, 4.69) is 16.0 Å². The third kappa shape index (κ3) is 9.09. The Kier molecular flexibility index (Phi) is 9.07. The van der Waals surface area contributed by atoms with E-state index in [1.165, 1.54) is 0 Å². The quantitative estimate of drug-likeness (QED) is 0.339. The van der Waals surface area contributed by atoms with Crippen LogP contribution in [0, 0.1) is 5.41 Å². The van der Waals surface area contributed by atoms with Gasteiger partial charge in [-0.2, -0.15) is 0 Å². The summed E-state index contributed by atoms with van der Waals surface area (Å²) in [5.74, 6) is 0. The van der Waals surface area contributed by atoms with Gasteiger partial charge in [-0.15, -0.1) is 0 Å². The third-order valence-corrected chi connectivity index (χ3v) is 4.72. The number of anilines is 3. The first kappa shape index (κ1) is 25.1. The summed E-state index contributed by atoms with van der Waals surface area (Å²) in [6, 6.07) is 26.4.